The lowest BCUT2D eigenvalue weighted by Crippen LogP contribution is -2.17. The van der Waals surface area contributed by atoms with Gasteiger partial charge in [0.05, 0.1) is 0 Å². The molecule has 0 saturated carbocycles. The zero-order chi connectivity index (χ0) is 11.4. The summed E-state index contributed by atoms with van der Waals surface area (Å²) in [5.74, 6) is 0.644. The van der Waals surface area contributed by atoms with Gasteiger partial charge >= 0.3 is 0 Å². The molecule has 1 heteroatoms. The molecule has 0 amide bonds. The Balaban J connectivity index is 2.24. The summed E-state index contributed by atoms with van der Waals surface area (Å²) < 4.78 is 0. The Hall–Kier alpha value is -0.820. The number of nitrogens with one attached hydrogen (secondary N) is 1. The van der Waals surface area contributed by atoms with Gasteiger partial charge in [-0.2, -0.15) is 0 Å². The van der Waals surface area contributed by atoms with Gasteiger partial charge in [0.15, 0.2) is 0 Å². The highest BCUT2D eigenvalue weighted by molar-refractivity contribution is 5.34. The largest absolute Gasteiger partial charge is 0.316 e. The molecule has 88 valence electrons. The summed E-state index contributed by atoms with van der Waals surface area (Å²) in [6.45, 7) is 6.86. The molecule has 2 rings (SSSR count). The Morgan fingerprint density at radius 2 is 1.88 bits per heavy atom. The molecule has 1 aliphatic heterocycles. The SMILES string of the molecule is CC(C)c1ccc2c(c1)CCNCCCC2. The summed E-state index contributed by atoms with van der Waals surface area (Å²) in [4.78, 5) is 0. The molecule has 1 heterocycles. The van der Waals surface area contributed by atoms with Crippen molar-refractivity contribution in [1.29, 1.82) is 0 Å². The third kappa shape index (κ3) is 2.85. The third-order valence-corrected chi connectivity index (χ3v) is 3.52. The minimum absolute atomic E-state index is 0.644. The number of benzene rings is 1. The van der Waals surface area contributed by atoms with Gasteiger partial charge in [0.1, 0.15) is 0 Å². The fourth-order valence-electron chi connectivity index (χ4n) is 2.40. The molecule has 0 aromatic heterocycles. The van der Waals surface area contributed by atoms with E-state index in [1.807, 2.05) is 0 Å². The van der Waals surface area contributed by atoms with Crippen LogP contribution in [-0.4, -0.2) is 13.1 Å². The molecular weight excluding hydrogens is 194 g/mol. The van der Waals surface area contributed by atoms with Crippen molar-refractivity contribution in [2.24, 2.45) is 0 Å². The maximum absolute atomic E-state index is 3.52. The number of fused-ring (bicyclic) bond motifs is 1. The summed E-state index contributed by atoms with van der Waals surface area (Å²) in [5, 5.41) is 3.52. The Labute approximate surface area is 99.3 Å². The van der Waals surface area contributed by atoms with Gasteiger partial charge in [-0.05, 0) is 61.4 Å². The quantitative estimate of drug-likeness (QED) is 0.761. The minimum atomic E-state index is 0.644. The van der Waals surface area contributed by atoms with Crippen molar-refractivity contribution in [2.75, 3.05) is 13.1 Å². The predicted octanol–water partition coefficient (Wildman–Crippen LogP) is 3.28. The van der Waals surface area contributed by atoms with Crippen LogP contribution in [0, 0.1) is 0 Å². The van der Waals surface area contributed by atoms with Crippen molar-refractivity contribution in [3.05, 3.63) is 34.9 Å². The number of rotatable bonds is 1. The van der Waals surface area contributed by atoms with Crippen molar-refractivity contribution in [3.8, 4) is 0 Å². The van der Waals surface area contributed by atoms with Crippen LogP contribution in [0.15, 0.2) is 18.2 Å². The summed E-state index contributed by atoms with van der Waals surface area (Å²) >= 11 is 0. The van der Waals surface area contributed by atoms with E-state index in [0.29, 0.717) is 5.92 Å². The molecule has 1 nitrogen and oxygen atoms in total. The topological polar surface area (TPSA) is 12.0 Å². The second kappa shape index (κ2) is 5.49. The molecule has 1 aromatic rings. The molecule has 0 bridgehead atoms. The van der Waals surface area contributed by atoms with E-state index < -0.39 is 0 Å². The Morgan fingerprint density at radius 1 is 1.00 bits per heavy atom. The molecule has 0 unspecified atom stereocenters. The van der Waals surface area contributed by atoms with Crippen molar-refractivity contribution < 1.29 is 0 Å². The van der Waals surface area contributed by atoms with E-state index in [1.54, 1.807) is 11.1 Å². The van der Waals surface area contributed by atoms with Crippen LogP contribution in [0.3, 0.4) is 0 Å². The summed E-state index contributed by atoms with van der Waals surface area (Å²) in [6, 6.07) is 7.10. The van der Waals surface area contributed by atoms with Gasteiger partial charge < -0.3 is 5.32 Å². The number of hydrogen-bond donors (Lipinski definition) is 1. The zero-order valence-corrected chi connectivity index (χ0v) is 10.6. The van der Waals surface area contributed by atoms with Gasteiger partial charge in [0, 0.05) is 0 Å². The summed E-state index contributed by atoms with van der Waals surface area (Å²) in [6.07, 6.45) is 5.08. The maximum Gasteiger partial charge on any atom is -0.000825 e. The molecule has 1 aromatic carbocycles. The minimum Gasteiger partial charge on any atom is -0.316 e. The van der Waals surface area contributed by atoms with Gasteiger partial charge in [-0.15, -0.1) is 0 Å². The Kier molecular flexibility index (Phi) is 4.00. The van der Waals surface area contributed by atoms with Gasteiger partial charge in [0.25, 0.3) is 0 Å². The smallest absolute Gasteiger partial charge is 0.000825 e. The van der Waals surface area contributed by atoms with E-state index in [2.05, 4.69) is 37.4 Å². The lowest BCUT2D eigenvalue weighted by molar-refractivity contribution is 0.637. The molecule has 1 aliphatic rings. The lowest BCUT2D eigenvalue weighted by atomic mass is 9.94. The molecule has 0 atom stereocenters. The monoisotopic (exact) mass is 217 g/mol. The Bertz CT molecular complexity index is 341. The highest BCUT2D eigenvalue weighted by Gasteiger charge is 2.08. The van der Waals surface area contributed by atoms with Gasteiger partial charge in [-0.1, -0.05) is 32.0 Å². The fourth-order valence-corrected chi connectivity index (χ4v) is 2.40. The first-order valence-corrected chi connectivity index (χ1v) is 6.60. The normalized spacial score (nSPS) is 17.4. The second-order valence-corrected chi connectivity index (χ2v) is 5.14. The van der Waals surface area contributed by atoms with Crippen molar-refractivity contribution >= 4 is 0 Å². The van der Waals surface area contributed by atoms with Gasteiger partial charge in [0.2, 0.25) is 0 Å². The third-order valence-electron chi connectivity index (χ3n) is 3.52. The summed E-state index contributed by atoms with van der Waals surface area (Å²) in [5.41, 5.74) is 4.63. The number of hydrogen-bond acceptors (Lipinski definition) is 1. The molecular formula is C15H23N. The standard InChI is InChI=1S/C15H23N/c1-12(2)14-7-6-13-5-3-4-9-16-10-8-15(13)11-14/h6-7,11-12,16H,3-5,8-10H2,1-2H3. The second-order valence-electron chi connectivity index (χ2n) is 5.14. The van der Waals surface area contributed by atoms with Crippen molar-refractivity contribution in [1.82, 2.24) is 5.32 Å². The summed E-state index contributed by atoms with van der Waals surface area (Å²) in [7, 11) is 0. The first kappa shape index (κ1) is 11.7. The molecule has 0 spiro atoms. The molecule has 0 radical (unpaired) electrons. The molecule has 1 N–H and O–H groups in total. The van der Waals surface area contributed by atoms with Crippen LogP contribution in [0.25, 0.3) is 0 Å². The van der Waals surface area contributed by atoms with Crippen LogP contribution in [0.2, 0.25) is 0 Å². The van der Waals surface area contributed by atoms with Crippen LogP contribution < -0.4 is 5.32 Å². The number of aryl methyl sites for hydroxylation is 1. The molecule has 0 aliphatic carbocycles. The van der Waals surface area contributed by atoms with Gasteiger partial charge in [-0.3, -0.25) is 0 Å². The highest BCUT2D eigenvalue weighted by atomic mass is 14.8. The van der Waals surface area contributed by atoms with Crippen LogP contribution in [-0.2, 0) is 12.8 Å². The van der Waals surface area contributed by atoms with E-state index >= 15 is 0 Å². The lowest BCUT2D eigenvalue weighted by Gasteiger charge is -2.12. The highest BCUT2D eigenvalue weighted by Crippen LogP contribution is 2.21. The first-order valence-electron chi connectivity index (χ1n) is 6.60. The fraction of sp³-hybridized carbons (Fsp3) is 0.600. The average Bonchev–Trinajstić information content (AvgIpc) is 2.39. The van der Waals surface area contributed by atoms with E-state index in [4.69, 9.17) is 0 Å². The van der Waals surface area contributed by atoms with Crippen LogP contribution in [0.1, 0.15) is 49.3 Å². The van der Waals surface area contributed by atoms with Crippen molar-refractivity contribution in [2.45, 2.75) is 45.4 Å². The van der Waals surface area contributed by atoms with Crippen molar-refractivity contribution in [3.63, 3.8) is 0 Å². The van der Waals surface area contributed by atoms with Crippen LogP contribution in [0.4, 0.5) is 0 Å². The predicted molar refractivity (Wildman–Crippen MR) is 70.0 cm³/mol. The van der Waals surface area contributed by atoms with Gasteiger partial charge in [-0.25, -0.2) is 0 Å². The van der Waals surface area contributed by atoms with Crippen LogP contribution in [0.5, 0.6) is 0 Å². The Morgan fingerprint density at radius 3 is 2.69 bits per heavy atom. The average molecular weight is 217 g/mol. The van der Waals surface area contributed by atoms with E-state index in [0.717, 1.165) is 6.54 Å². The maximum atomic E-state index is 3.52. The van der Waals surface area contributed by atoms with E-state index in [9.17, 15) is 0 Å². The molecule has 0 saturated heterocycles. The zero-order valence-electron chi connectivity index (χ0n) is 10.6. The van der Waals surface area contributed by atoms with E-state index in [-0.39, 0.29) is 0 Å². The van der Waals surface area contributed by atoms with E-state index in [1.165, 1.54) is 37.8 Å². The molecule has 16 heavy (non-hydrogen) atoms. The first-order chi connectivity index (χ1) is 7.77. The molecule has 0 fully saturated rings. The van der Waals surface area contributed by atoms with Crippen LogP contribution >= 0.6 is 0 Å².